The Morgan fingerprint density at radius 1 is 1.77 bits per heavy atom. The zero-order valence-electron chi connectivity index (χ0n) is 7.60. The fraction of sp³-hybridized carbons (Fsp3) is 0.500. The van der Waals surface area contributed by atoms with E-state index in [1.54, 1.807) is 19.2 Å². The third-order valence-corrected chi connectivity index (χ3v) is 1.52. The van der Waals surface area contributed by atoms with Gasteiger partial charge in [-0.05, 0) is 6.92 Å². The van der Waals surface area contributed by atoms with Crippen LogP contribution in [0.3, 0.4) is 0 Å². The van der Waals surface area contributed by atoms with Crippen molar-refractivity contribution >= 4 is 0 Å². The van der Waals surface area contributed by atoms with Gasteiger partial charge in [-0.3, -0.25) is 4.57 Å². The second-order valence-corrected chi connectivity index (χ2v) is 2.75. The van der Waals surface area contributed by atoms with Crippen LogP contribution in [-0.4, -0.2) is 27.9 Å². The molecule has 0 radical (unpaired) electrons. The number of aliphatic hydroxyl groups excluding tert-OH is 1. The first-order valence-electron chi connectivity index (χ1n) is 3.93. The van der Waals surface area contributed by atoms with E-state index in [1.807, 2.05) is 0 Å². The van der Waals surface area contributed by atoms with Crippen molar-refractivity contribution < 1.29 is 9.84 Å². The highest BCUT2D eigenvalue weighted by atomic mass is 16.5. The van der Waals surface area contributed by atoms with Crippen LogP contribution in [0.2, 0.25) is 0 Å². The molecule has 0 spiro atoms. The standard InChI is InChI=1S/C8H12N2O3/c1-6(11)5-10-4-3-7(13-2)9-8(10)12/h3-4,6,11H,5H2,1-2H3/t6-/m1/s1. The van der Waals surface area contributed by atoms with Crippen molar-refractivity contribution in [1.29, 1.82) is 0 Å². The summed E-state index contributed by atoms with van der Waals surface area (Å²) in [5.74, 6) is 0.284. The Morgan fingerprint density at radius 2 is 2.46 bits per heavy atom. The molecule has 1 atom stereocenters. The summed E-state index contributed by atoms with van der Waals surface area (Å²) >= 11 is 0. The van der Waals surface area contributed by atoms with Crippen LogP contribution in [0.5, 0.6) is 5.88 Å². The molecule has 1 N–H and O–H groups in total. The topological polar surface area (TPSA) is 64.3 Å². The molecule has 0 saturated carbocycles. The van der Waals surface area contributed by atoms with E-state index < -0.39 is 11.8 Å². The summed E-state index contributed by atoms with van der Waals surface area (Å²) in [5.41, 5.74) is -0.416. The number of nitrogens with zero attached hydrogens (tertiary/aromatic N) is 2. The highest BCUT2D eigenvalue weighted by Crippen LogP contribution is 1.99. The predicted octanol–water partition coefficient (Wildman–Crippen LogP) is -0.367. The SMILES string of the molecule is COc1ccn(C[C@@H](C)O)c(=O)n1. The van der Waals surface area contributed by atoms with Crippen molar-refractivity contribution in [3.05, 3.63) is 22.7 Å². The number of ether oxygens (including phenoxy) is 1. The van der Waals surface area contributed by atoms with Crippen molar-refractivity contribution in [2.75, 3.05) is 7.11 Å². The van der Waals surface area contributed by atoms with E-state index in [1.165, 1.54) is 11.7 Å². The highest BCUT2D eigenvalue weighted by molar-refractivity contribution is 5.05. The van der Waals surface area contributed by atoms with Crippen molar-refractivity contribution in [1.82, 2.24) is 9.55 Å². The zero-order chi connectivity index (χ0) is 9.84. The van der Waals surface area contributed by atoms with Crippen molar-refractivity contribution in [3.63, 3.8) is 0 Å². The average molecular weight is 184 g/mol. The minimum absolute atomic E-state index is 0.246. The van der Waals surface area contributed by atoms with Gasteiger partial charge >= 0.3 is 5.69 Å². The molecule has 1 aromatic heterocycles. The number of aromatic nitrogens is 2. The fourth-order valence-corrected chi connectivity index (χ4v) is 0.951. The third-order valence-electron chi connectivity index (χ3n) is 1.52. The highest BCUT2D eigenvalue weighted by Gasteiger charge is 2.02. The van der Waals surface area contributed by atoms with Gasteiger partial charge in [-0.25, -0.2) is 4.79 Å². The molecule has 0 aliphatic carbocycles. The Hall–Kier alpha value is -1.36. The maximum atomic E-state index is 11.2. The third kappa shape index (κ3) is 2.55. The van der Waals surface area contributed by atoms with Crippen molar-refractivity contribution in [3.8, 4) is 5.88 Å². The molecular formula is C8H12N2O3. The van der Waals surface area contributed by atoms with Gasteiger partial charge in [0.15, 0.2) is 0 Å². The maximum absolute atomic E-state index is 11.2. The van der Waals surface area contributed by atoms with Gasteiger partial charge in [0, 0.05) is 12.3 Å². The fourth-order valence-electron chi connectivity index (χ4n) is 0.951. The Kier molecular flexibility index (Phi) is 3.02. The van der Waals surface area contributed by atoms with Gasteiger partial charge in [-0.2, -0.15) is 4.98 Å². The van der Waals surface area contributed by atoms with E-state index in [4.69, 9.17) is 9.84 Å². The molecule has 1 aromatic rings. The summed E-state index contributed by atoms with van der Waals surface area (Å²) in [7, 11) is 1.45. The largest absolute Gasteiger partial charge is 0.481 e. The molecule has 5 nitrogen and oxygen atoms in total. The van der Waals surface area contributed by atoms with Crippen LogP contribution in [0, 0.1) is 0 Å². The molecule has 5 heteroatoms. The van der Waals surface area contributed by atoms with Crippen molar-refractivity contribution in [2.45, 2.75) is 19.6 Å². The predicted molar refractivity (Wildman–Crippen MR) is 46.7 cm³/mol. The summed E-state index contributed by atoms with van der Waals surface area (Å²) in [4.78, 5) is 14.8. The van der Waals surface area contributed by atoms with Gasteiger partial charge in [0.05, 0.1) is 19.8 Å². The second kappa shape index (κ2) is 4.04. The Bertz CT molecular complexity index is 332. The van der Waals surface area contributed by atoms with Gasteiger partial charge in [-0.1, -0.05) is 0 Å². The van der Waals surface area contributed by atoms with Crippen LogP contribution < -0.4 is 10.4 Å². The van der Waals surface area contributed by atoms with Crippen LogP contribution >= 0.6 is 0 Å². The Balaban J connectivity index is 2.92. The molecule has 0 unspecified atom stereocenters. The van der Waals surface area contributed by atoms with E-state index in [2.05, 4.69) is 4.98 Å². The minimum atomic E-state index is -0.562. The summed E-state index contributed by atoms with van der Waals surface area (Å²) in [6.07, 6.45) is 0.980. The first kappa shape index (κ1) is 9.73. The molecule has 0 saturated heterocycles. The van der Waals surface area contributed by atoms with Crippen LogP contribution in [0.4, 0.5) is 0 Å². The van der Waals surface area contributed by atoms with E-state index in [0.717, 1.165) is 0 Å². The summed E-state index contributed by atoms with van der Waals surface area (Å²) in [6, 6.07) is 1.57. The zero-order valence-corrected chi connectivity index (χ0v) is 7.60. The lowest BCUT2D eigenvalue weighted by atomic mass is 10.4. The number of hydrogen-bond acceptors (Lipinski definition) is 4. The van der Waals surface area contributed by atoms with Crippen LogP contribution in [0.1, 0.15) is 6.92 Å². The van der Waals surface area contributed by atoms with Crippen LogP contribution in [0.15, 0.2) is 17.1 Å². The summed E-state index contributed by atoms with van der Waals surface area (Å²) in [6.45, 7) is 1.85. The van der Waals surface area contributed by atoms with Gasteiger partial charge in [0.25, 0.3) is 0 Å². The quantitative estimate of drug-likeness (QED) is 0.696. The molecule has 0 aromatic carbocycles. The molecule has 72 valence electrons. The molecule has 0 aliphatic rings. The number of methoxy groups -OCH3 is 1. The van der Waals surface area contributed by atoms with E-state index in [-0.39, 0.29) is 12.4 Å². The van der Waals surface area contributed by atoms with E-state index in [0.29, 0.717) is 0 Å². The molecule has 1 heterocycles. The lowest BCUT2D eigenvalue weighted by molar-refractivity contribution is 0.171. The number of hydrogen-bond donors (Lipinski definition) is 1. The molecule has 0 aliphatic heterocycles. The van der Waals surface area contributed by atoms with Crippen LogP contribution in [0.25, 0.3) is 0 Å². The lowest BCUT2D eigenvalue weighted by Crippen LogP contribution is -2.26. The van der Waals surface area contributed by atoms with Gasteiger partial charge in [0.1, 0.15) is 0 Å². The molecular weight excluding hydrogens is 172 g/mol. The minimum Gasteiger partial charge on any atom is -0.481 e. The second-order valence-electron chi connectivity index (χ2n) is 2.75. The van der Waals surface area contributed by atoms with Gasteiger partial charge in [0.2, 0.25) is 5.88 Å². The first-order valence-corrected chi connectivity index (χ1v) is 3.93. The molecule has 0 fully saturated rings. The molecule has 13 heavy (non-hydrogen) atoms. The monoisotopic (exact) mass is 184 g/mol. The molecule has 1 rings (SSSR count). The number of rotatable bonds is 3. The average Bonchev–Trinajstić information content (AvgIpc) is 2.08. The maximum Gasteiger partial charge on any atom is 0.350 e. The summed E-state index contributed by atoms with van der Waals surface area (Å²) in [5, 5.41) is 9.04. The van der Waals surface area contributed by atoms with Crippen molar-refractivity contribution in [2.24, 2.45) is 0 Å². The van der Waals surface area contributed by atoms with Gasteiger partial charge in [-0.15, -0.1) is 0 Å². The van der Waals surface area contributed by atoms with Gasteiger partial charge < -0.3 is 9.84 Å². The summed E-state index contributed by atoms with van der Waals surface area (Å²) < 4.78 is 6.09. The van der Waals surface area contributed by atoms with E-state index in [9.17, 15) is 4.79 Å². The first-order chi connectivity index (χ1) is 6.13. The van der Waals surface area contributed by atoms with E-state index >= 15 is 0 Å². The lowest BCUT2D eigenvalue weighted by Gasteiger charge is -2.06. The smallest absolute Gasteiger partial charge is 0.350 e. The Labute approximate surface area is 75.6 Å². The normalized spacial score (nSPS) is 12.5. The molecule has 0 amide bonds. The Morgan fingerprint density at radius 3 is 2.92 bits per heavy atom. The number of aliphatic hydroxyl groups is 1. The van der Waals surface area contributed by atoms with Crippen LogP contribution in [-0.2, 0) is 6.54 Å². The molecule has 0 bridgehead atoms.